The second-order valence-corrected chi connectivity index (χ2v) is 8.66. The predicted octanol–water partition coefficient (Wildman–Crippen LogP) is 8.29. The number of aromatic nitrogens is 1. The molecule has 0 fully saturated rings. The fraction of sp³-hybridized carbons (Fsp3) is 0.0323. The summed E-state index contributed by atoms with van der Waals surface area (Å²) in [4.78, 5) is 0. The fourth-order valence-electron chi connectivity index (χ4n) is 5.42. The first kappa shape index (κ1) is 18.3. The number of fused-ring (bicyclic) bond motifs is 9. The Morgan fingerprint density at radius 1 is 0.545 bits per heavy atom. The van der Waals surface area contributed by atoms with Crippen LogP contribution in [0.3, 0.4) is 0 Å². The molecule has 0 aliphatic rings. The summed E-state index contributed by atoms with van der Waals surface area (Å²) in [5, 5.41) is 13.6. The molecule has 0 radical (unpaired) electrons. The van der Waals surface area contributed by atoms with Crippen molar-refractivity contribution in [2.45, 2.75) is 0 Å². The van der Waals surface area contributed by atoms with Gasteiger partial charge in [0.2, 0.25) is 0 Å². The van der Waals surface area contributed by atoms with E-state index in [0.29, 0.717) is 0 Å². The highest BCUT2D eigenvalue weighted by Crippen LogP contribution is 2.43. The topological polar surface area (TPSA) is 17.0 Å². The van der Waals surface area contributed by atoms with Crippen molar-refractivity contribution in [1.82, 2.24) is 4.57 Å². The van der Waals surface area contributed by atoms with Crippen molar-refractivity contribution in [2.75, 3.05) is 12.4 Å². The van der Waals surface area contributed by atoms with Crippen LogP contribution in [0.15, 0.2) is 109 Å². The van der Waals surface area contributed by atoms with Crippen LogP contribution in [0.25, 0.3) is 59.8 Å². The molecule has 33 heavy (non-hydrogen) atoms. The van der Waals surface area contributed by atoms with Crippen LogP contribution in [0.2, 0.25) is 0 Å². The maximum Gasteiger partial charge on any atom is 0.0625 e. The van der Waals surface area contributed by atoms with Gasteiger partial charge in [0.05, 0.1) is 11.0 Å². The molecule has 7 rings (SSSR count). The average Bonchev–Trinajstić information content (AvgIpc) is 3.23. The second-order valence-electron chi connectivity index (χ2n) is 8.66. The third-order valence-corrected chi connectivity index (χ3v) is 6.92. The van der Waals surface area contributed by atoms with Crippen molar-refractivity contribution >= 4 is 59.8 Å². The molecule has 1 aromatic heterocycles. The Kier molecular flexibility index (Phi) is 3.80. The van der Waals surface area contributed by atoms with Gasteiger partial charge in [0.25, 0.3) is 0 Å². The van der Waals surface area contributed by atoms with Gasteiger partial charge in [-0.15, -0.1) is 0 Å². The van der Waals surface area contributed by atoms with E-state index >= 15 is 0 Å². The number of hydrogen-bond donors (Lipinski definition) is 1. The molecule has 0 spiro atoms. The summed E-state index contributed by atoms with van der Waals surface area (Å²) in [5.74, 6) is 0. The first-order valence-electron chi connectivity index (χ1n) is 11.4. The average molecular weight is 423 g/mol. The van der Waals surface area contributed by atoms with Crippen LogP contribution in [0.5, 0.6) is 0 Å². The molecule has 0 saturated carbocycles. The lowest BCUT2D eigenvalue weighted by Gasteiger charge is -2.13. The van der Waals surface area contributed by atoms with Gasteiger partial charge in [0, 0.05) is 34.6 Å². The highest BCUT2D eigenvalue weighted by atomic mass is 15.0. The van der Waals surface area contributed by atoms with Crippen LogP contribution in [0, 0.1) is 0 Å². The van der Waals surface area contributed by atoms with Crippen LogP contribution in [-0.4, -0.2) is 11.6 Å². The molecule has 2 heteroatoms. The number of benzene rings is 6. The molecule has 1 N–H and O–H groups in total. The van der Waals surface area contributed by atoms with E-state index in [1.807, 2.05) is 7.05 Å². The minimum Gasteiger partial charge on any atom is -0.388 e. The zero-order valence-corrected chi connectivity index (χ0v) is 18.3. The van der Waals surface area contributed by atoms with E-state index in [9.17, 15) is 0 Å². The van der Waals surface area contributed by atoms with E-state index in [2.05, 4.69) is 119 Å². The van der Waals surface area contributed by atoms with E-state index in [0.717, 1.165) is 5.69 Å². The number of anilines is 1. The van der Waals surface area contributed by atoms with Gasteiger partial charge in [-0.3, -0.25) is 0 Å². The lowest BCUT2D eigenvalue weighted by molar-refractivity contribution is 1.19. The molecular weight excluding hydrogens is 400 g/mol. The van der Waals surface area contributed by atoms with Gasteiger partial charge in [-0.2, -0.15) is 0 Å². The van der Waals surface area contributed by atoms with Gasteiger partial charge in [0.15, 0.2) is 0 Å². The maximum absolute atomic E-state index is 3.33. The van der Waals surface area contributed by atoms with E-state index in [4.69, 9.17) is 0 Å². The predicted molar refractivity (Wildman–Crippen MR) is 143 cm³/mol. The SMILES string of the molecule is CNc1ccc2c(c1)c1c3ccccc3c3ccccc3c1n2-c1ccc2ccccc2c1. The van der Waals surface area contributed by atoms with Gasteiger partial charge in [-0.25, -0.2) is 0 Å². The fourth-order valence-corrected chi connectivity index (χ4v) is 5.42. The summed E-state index contributed by atoms with van der Waals surface area (Å²) in [6.45, 7) is 0. The van der Waals surface area contributed by atoms with Gasteiger partial charge in [-0.1, -0.05) is 78.9 Å². The number of hydrogen-bond acceptors (Lipinski definition) is 1. The highest BCUT2D eigenvalue weighted by Gasteiger charge is 2.19. The van der Waals surface area contributed by atoms with E-state index in [-0.39, 0.29) is 0 Å². The molecule has 0 aliphatic carbocycles. The van der Waals surface area contributed by atoms with Gasteiger partial charge < -0.3 is 9.88 Å². The molecule has 6 aromatic carbocycles. The van der Waals surface area contributed by atoms with Crippen LogP contribution in [-0.2, 0) is 0 Å². The number of nitrogens with zero attached hydrogens (tertiary/aromatic N) is 1. The standard InChI is InChI=1S/C31H22N2/c1-32-22-15-17-29-28(19-22)30-26-12-6-4-10-24(26)25-11-5-7-13-27(25)31(30)33(29)23-16-14-20-8-2-3-9-21(20)18-23/h2-19,32H,1H3. The Labute approximate surface area is 191 Å². The minimum absolute atomic E-state index is 1.12. The molecule has 1 heterocycles. The van der Waals surface area contributed by atoms with Crippen LogP contribution in [0.4, 0.5) is 5.69 Å². The van der Waals surface area contributed by atoms with E-state index in [1.165, 1.54) is 59.8 Å². The number of rotatable bonds is 2. The van der Waals surface area contributed by atoms with Crippen molar-refractivity contribution < 1.29 is 0 Å². The monoisotopic (exact) mass is 422 g/mol. The van der Waals surface area contributed by atoms with Crippen molar-refractivity contribution in [2.24, 2.45) is 0 Å². The second kappa shape index (κ2) is 6.85. The molecule has 0 saturated heterocycles. The Morgan fingerprint density at radius 3 is 2.00 bits per heavy atom. The lowest BCUT2D eigenvalue weighted by atomic mass is 9.96. The Hall–Kier alpha value is -4.30. The zero-order chi connectivity index (χ0) is 21.9. The summed E-state index contributed by atoms with van der Waals surface area (Å²) >= 11 is 0. The Bertz CT molecular complexity index is 1860. The van der Waals surface area contributed by atoms with E-state index in [1.54, 1.807) is 0 Å². The summed E-state index contributed by atoms with van der Waals surface area (Å²) in [7, 11) is 1.98. The van der Waals surface area contributed by atoms with Crippen molar-refractivity contribution in [1.29, 1.82) is 0 Å². The molecule has 0 aliphatic heterocycles. The van der Waals surface area contributed by atoms with Crippen LogP contribution >= 0.6 is 0 Å². The highest BCUT2D eigenvalue weighted by molar-refractivity contribution is 6.32. The first-order chi connectivity index (χ1) is 16.3. The van der Waals surface area contributed by atoms with E-state index < -0.39 is 0 Å². The van der Waals surface area contributed by atoms with Crippen molar-refractivity contribution in [3.8, 4) is 5.69 Å². The number of nitrogens with one attached hydrogen (secondary N) is 1. The van der Waals surface area contributed by atoms with Crippen molar-refractivity contribution in [3.63, 3.8) is 0 Å². The summed E-state index contributed by atoms with van der Waals surface area (Å²) < 4.78 is 2.45. The summed E-state index contributed by atoms with van der Waals surface area (Å²) in [6.07, 6.45) is 0. The zero-order valence-electron chi connectivity index (χ0n) is 18.3. The maximum atomic E-state index is 3.33. The molecule has 2 nitrogen and oxygen atoms in total. The van der Waals surface area contributed by atoms with Crippen molar-refractivity contribution in [3.05, 3.63) is 109 Å². The molecule has 0 unspecified atom stereocenters. The quantitative estimate of drug-likeness (QED) is 0.277. The molecular formula is C31H22N2. The molecule has 156 valence electrons. The Morgan fingerprint density at radius 2 is 1.21 bits per heavy atom. The largest absolute Gasteiger partial charge is 0.388 e. The first-order valence-corrected chi connectivity index (χ1v) is 11.4. The van der Waals surface area contributed by atoms with Gasteiger partial charge in [-0.05, 0) is 57.3 Å². The van der Waals surface area contributed by atoms with Crippen LogP contribution < -0.4 is 5.32 Å². The lowest BCUT2D eigenvalue weighted by Crippen LogP contribution is -1.95. The Balaban J connectivity index is 1.77. The molecule has 7 aromatic rings. The third-order valence-electron chi connectivity index (χ3n) is 6.92. The normalized spacial score (nSPS) is 11.8. The summed E-state index contributed by atoms with van der Waals surface area (Å²) in [6, 6.07) is 39.7. The minimum atomic E-state index is 1.12. The van der Waals surface area contributed by atoms with Gasteiger partial charge >= 0.3 is 0 Å². The smallest absolute Gasteiger partial charge is 0.0625 e. The molecule has 0 bridgehead atoms. The van der Waals surface area contributed by atoms with Gasteiger partial charge in [0.1, 0.15) is 0 Å². The molecule has 0 amide bonds. The third kappa shape index (κ3) is 2.55. The summed E-state index contributed by atoms with van der Waals surface area (Å²) in [5.41, 5.74) is 4.80. The van der Waals surface area contributed by atoms with Crippen LogP contribution in [0.1, 0.15) is 0 Å². The molecule has 0 atom stereocenters.